The Balaban J connectivity index is 1.56. The van der Waals surface area contributed by atoms with Gasteiger partial charge in [-0.1, -0.05) is 60.3 Å². The highest BCUT2D eigenvalue weighted by Crippen LogP contribution is 2.50. The number of hydrogen-bond acceptors (Lipinski definition) is 6. The maximum atomic E-state index is 13.6. The van der Waals surface area contributed by atoms with E-state index in [2.05, 4.69) is 17.0 Å². The largest absolute Gasteiger partial charge is 0.399 e. The fraction of sp³-hybridized carbons (Fsp3) is 0.0833. The van der Waals surface area contributed by atoms with Crippen molar-refractivity contribution in [3.8, 4) is 0 Å². The number of nitrogens with zero attached hydrogens (tertiary/aromatic N) is 3. The molecule has 2 aliphatic rings. The van der Waals surface area contributed by atoms with Gasteiger partial charge in [0.1, 0.15) is 4.91 Å². The van der Waals surface area contributed by atoms with E-state index in [4.69, 9.17) is 10.7 Å². The van der Waals surface area contributed by atoms with Crippen molar-refractivity contribution < 1.29 is 4.79 Å². The number of amidine groups is 1. The lowest BCUT2D eigenvalue weighted by atomic mass is 10.2. The molecule has 0 aromatic heterocycles. The van der Waals surface area contributed by atoms with Gasteiger partial charge in [0.15, 0.2) is 5.17 Å². The highest BCUT2D eigenvalue weighted by molar-refractivity contribution is 8.19. The Morgan fingerprint density at radius 2 is 1.71 bits per heavy atom. The second-order valence-electron chi connectivity index (χ2n) is 7.23. The van der Waals surface area contributed by atoms with Crippen LogP contribution in [0, 0.1) is 0 Å². The van der Waals surface area contributed by atoms with Gasteiger partial charge < -0.3 is 10.6 Å². The van der Waals surface area contributed by atoms with Crippen molar-refractivity contribution >= 4 is 51.7 Å². The van der Waals surface area contributed by atoms with Crippen LogP contribution in [0.25, 0.3) is 0 Å². The van der Waals surface area contributed by atoms with Crippen LogP contribution < -0.4 is 10.6 Å². The third kappa shape index (κ3) is 3.82. The van der Waals surface area contributed by atoms with Gasteiger partial charge in [-0.15, -0.1) is 0 Å². The number of rotatable bonds is 3. The first kappa shape index (κ1) is 19.8. The van der Waals surface area contributed by atoms with Crippen molar-refractivity contribution in [2.24, 2.45) is 4.99 Å². The van der Waals surface area contributed by atoms with Crippen molar-refractivity contribution in [3.63, 3.8) is 0 Å². The lowest BCUT2D eigenvalue weighted by Gasteiger charge is -2.17. The first-order valence-corrected chi connectivity index (χ1v) is 11.5. The van der Waals surface area contributed by atoms with Crippen molar-refractivity contribution in [1.29, 1.82) is 0 Å². The number of amides is 1. The standard InChI is InChI=1S/C24H20N4OS2/c1-27-19-12-5-6-13-20(19)30-23(27)21-22(29)28(15-16-8-3-2-4-9-16)24(31-21)26-18-11-7-10-17(25)14-18/h2-14H,15,25H2,1H3/b23-21-,26-24?. The molecular weight excluding hydrogens is 424 g/mol. The lowest BCUT2D eigenvalue weighted by molar-refractivity contribution is -0.122. The number of thioether (sulfide) groups is 2. The van der Waals surface area contributed by atoms with Crippen molar-refractivity contribution in [1.82, 2.24) is 4.90 Å². The van der Waals surface area contributed by atoms with E-state index in [0.717, 1.165) is 26.9 Å². The Hall–Kier alpha value is -3.16. The molecule has 5 nitrogen and oxygen atoms in total. The highest BCUT2D eigenvalue weighted by atomic mass is 32.2. The maximum Gasteiger partial charge on any atom is 0.269 e. The summed E-state index contributed by atoms with van der Waals surface area (Å²) >= 11 is 3.05. The fourth-order valence-corrected chi connectivity index (χ4v) is 5.87. The predicted molar refractivity (Wildman–Crippen MR) is 130 cm³/mol. The average molecular weight is 445 g/mol. The van der Waals surface area contributed by atoms with Crippen molar-refractivity contribution in [2.45, 2.75) is 11.4 Å². The fourth-order valence-electron chi connectivity index (χ4n) is 3.53. The van der Waals surface area contributed by atoms with Crippen LogP contribution in [-0.2, 0) is 11.3 Å². The lowest BCUT2D eigenvalue weighted by Crippen LogP contribution is -2.29. The second-order valence-corrected chi connectivity index (χ2v) is 9.24. The molecule has 0 spiro atoms. The molecule has 1 fully saturated rings. The van der Waals surface area contributed by atoms with Crippen LogP contribution in [-0.4, -0.2) is 23.0 Å². The van der Waals surface area contributed by atoms with Gasteiger partial charge in [0, 0.05) is 17.6 Å². The van der Waals surface area contributed by atoms with E-state index in [9.17, 15) is 4.79 Å². The number of carbonyl (C=O) groups is 1. The number of para-hydroxylation sites is 1. The predicted octanol–water partition coefficient (Wildman–Crippen LogP) is 5.44. The van der Waals surface area contributed by atoms with Crippen LogP contribution >= 0.6 is 23.5 Å². The van der Waals surface area contributed by atoms with Crippen LogP contribution in [0.1, 0.15) is 5.56 Å². The minimum absolute atomic E-state index is 0.0290. The van der Waals surface area contributed by atoms with Crippen LogP contribution in [0.5, 0.6) is 0 Å². The molecule has 3 aromatic carbocycles. The van der Waals surface area contributed by atoms with Gasteiger partial charge in [-0.25, -0.2) is 4.99 Å². The third-order valence-corrected chi connectivity index (χ3v) is 7.51. The Labute approximate surface area is 189 Å². The Kier molecular flexibility index (Phi) is 5.21. The first-order valence-electron chi connectivity index (χ1n) is 9.83. The molecule has 2 N–H and O–H groups in total. The molecule has 7 heteroatoms. The van der Waals surface area contributed by atoms with Gasteiger partial charge >= 0.3 is 0 Å². The van der Waals surface area contributed by atoms with Crippen LogP contribution in [0.4, 0.5) is 17.1 Å². The molecule has 0 radical (unpaired) electrons. The summed E-state index contributed by atoms with van der Waals surface area (Å²) < 4.78 is 0. The SMILES string of the molecule is CN1/C(=C2/SC(=Nc3cccc(N)c3)N(Cc3ccccc3)C2=O)Sc2ccccc21. The molecule has 0 atom stereocenters. The summed E-state index contributed by atoms with van der Waals surface area (Å²) in [4.78, 5) is 24.0. The minimum Gasteiger partial charge on any atom is -0.399 e. The van der Waals surface area contributed by atoms with Gasteiger partial charge in [-0.2, -0.15) is 0 Å². The second kappa shape index (κ2) is 8.17. The van der Waals surface area contributed by atoms with E-state index in [-0.39, 0.29) is 5.91 Å². The molecule has 0 saturated carbocycles. The summed E-state index contributed by atoms with van der Waals surface area (Å²) in [5.74, 6) is -0.0290. The van der Waals surface area contributed by atoms with Gasteiger partial charge in [0.2, 0.25) is 0 Å². The number of hydrogen-bond donors (Lipinski definition) is 1. The number of nitrogens with two attached hydrogens (primary N) is 1. The molecule has 2 aliphatic heterocycles. The number of aliphatic imine (C=N–C) groups is 1. The van der Waals surface area contributed by atoms with Gasteiger partial charge in [0.25, 0.3) is 5.91 Å². The van der Waals surface area contributed by atoms with Gasteiger partial charge in [0.05, 0.1) is 22.9 Å². The average Bonchev–Trinajstić information content (AvgIpc) is 3.26. The Bertz CT molecular complexity index is 1220. The maximum absolute atomic E-state index is 13.6. The molecule has 5 rings (SSSR count). The molecule has 3 aromatic rings. The summed E-state index contributed by atoms with van der Waals surface area (Å²) in [5, 5.41) is 1.60. The topological polar surface area (TPSA) is 61.9 Å². The van der Waals surface area contributed by atoms with Gasteiger partial charge in [-0.05, 0) is 47.7 Å². The minimum atomic E-state index is -0.0290. The summed E-state index contributed by atoms with van der Waals surface area (Å²) in [5.41, 5.74) is 9.48. The van der Waals surface area contributed by atoms with E-state index in [1.165, 1.54) is 11.8 Å². The molecule has 0 aliphatic carbocycles. The smallest absolute Gasteiger partial charge is 0.269 e. The summed E-state index contributed by atoms with van der Waals surface area (Å²) in [7, 11) is 2.00. The summed E-state index contributed by atoms with van der Waals surface area (Å²) in [6, 6.07) is 25.6. The number of benzene rings is 3. The highest BCUT2D eigenvalue weighted by Gasteiger charge is 2.39. The zero-order valence-corrected chi connectivity index (χ0v) is 18.5. The Morgan fingerprint density at radius 1 is 0.935 bits per heavy atom. The van der Waals surface area contributed by atoms with Crippen LogP contribution in [0.3, 0.4) is 0 Å². The van der Waals surface area contributed by atoms with Crippen molar-refractivity contribution in [3.05, 3.63) is 94.4 Å². The molecular formula is C24H20N4OS2. The quantitative estimate of drug-likeness (QED) is 0.430. The molecule has 2 heterocycles. The van der Waals surface area contributed by atoms with Crippen LogP contribution in [0.2, 0.25) is 0 Å². The zero-order chi connectivity index (χ0) is 21.4. The van der Waals surface area contributed by atoms with Crippen molar-refractivity contribution in [2.75, 3.05) is 17.7 Å². The molecule has 154 valence electrons. The monoisotopic (exact) mass is 444 g/mol. The van der Waals surface area contributed by atoms with E-state index in [1.807, 2.05) is 73.8 Å². The van der Waals surface area contributed by atoms with E-state index >= 15 is 0 Å². The summed E-state index contributed by atoms with van der Waals surface area (Å²) in [6.45, 7) is 0.464. The van der Waals surface area contributed by atoms with Crippen LogP contribution in [0.15, 0.2) is 98.7 Å². The summed E-state index contributed by atoms with van der Waals surface area (Å²) in [6.07, 6.45) is 0. The molecule has 1 saturated heterocycles. The Morgan fingerprint density at radius 3 is 2.48 bits per heavy atom. The van der Waals surface area contributed by atoms with E-state index < -0.39 is 0 Å². The van der Waals surface area contributed by atoms with E-state index in [0.29, 0.717) is 22.3 Å². The molecule has 0 unspecified atom stereocenters. The molecule has 31 heavy (non-hydrogen) atoms. The molecule has 1 amide bonds. The van der Waals surface area contributed by atoms with E-state index in [1.54, 1.807) is 16.7 Å². The molecule has 0 bridgehead atoms. The first-order chi connectivity index (χ1) is 15.1. The zero-order valence-electron chi connectivity index (χ0n) is 16.9. The number of anilines is 2. The number of nitrogen functional groups attached to an aromatic ring is 1. The number of carbonyl (C=O) groups excluding carboxylic acids is 1. The normalized spacial score (nSPS) is 19.4. The third-order valence-electron chi connectivity index (χ3n) is 5.07. The number of fused-ring (bicyclic) bond motifs is 1. The van der Waals surface area contributed by atoms with Gasteiger partial charge in [-0.3, -0.25) is 9.69 Å².